The Morgan fingerprint density at radius 1 is 1.47 bits per heavy atom. The number of amides is 1. The van der Waals surface area contributed by atoms with Crippen LogP contribution in [0, 0.1) is 11.8 Å². The van der Waals surface area contributed by atoms with Crippen molar-refractivity contribution >= 4 is 23.4 Å². The van der Waals surface area contributed by atoms with Crippen LogP contribution in [0.3, 0.4) is 0 Å². The first-order chi connectivity index (χ1) is 9.14. The van der Waals surface area contributed by atoms with Crippen LogP contribution in [0.4, 0.5) is 5.69 Å². The smallest absolute Gasteiger partial charge is 0.240 e. The maximum absolute atomic E-state index is 12.2. The maximum Gasteiger partial charge on any atom is 0.240 e. The van der Waals surface area contributed by atoms with E-state index < -0.39 is 0 Å². The van der Waals surface area contributed by atoms with Crippen molar-refractivity contribution in [3.63, 3.8) is 0 Å². The normalized spacial score (nSPS) is 21.6. The first-order valence-corrected chi connectivity index (χ1v) is 7.37. The Morgan fingerprint density at radius 3 is 2.79 bits per heavy atom. The van der Waals surface area contributed by atoms with Crippen molar-refractivity contribution in [2.24, 2.45) is 5.73 Å². The van der Waals surface area contributed by atoms with E-state index >= 15 is 0 Å². The number of thioether (sulfide) groups is 1. The molecule has 1 amide bonds. The highest BCUT2D eigenvalue weighted by Gasteiger charge is 2.37. The van der Waals surface area contributed by atoms with Crippen LogP contribution in [0.15, 0.2) is 24.3 Å². The summed E-state index contributed by atoms with van der Waals surface area (Å²) in [7, 11) is 0. The van der Waals surface area contributed by atoms with Gasteiger partial charge in [-0.25, -0.2) is 0 Å². The Hall–Kier alpha value is -1.44. The number of nitrogens with two attached hydrogens (primary N) is 1. The lowest BCUT2D eigenvalue weighted by Gasteiger charge is -2.21. The van der Waals surface area contributed by atoms with Gasteiger partial charge in [-0.3, -0.25) is 4.79 Å². The first kappa shape index (κ1) is 14.0. The van der Waals surface area contributed by atoms with Crippen LogP contribution in [-0.2, 0) is 4.79 Å². The zero-order valence-electron chi connectivity index (χ0n) is 11.0. The molecule has 1 aromatic rings. The molecule has 3 nitrogen and oxygen atoms in total. The Bertz CT molecular complexity index is 507. The lowest BCUT2D eigenvalue weighted by Crippen LogP contribution is -2.34. The summed E-state index contributed by atoms with van der Waals surface area (Å²) in [5.41, 5.74) is 7.05. The van der Waals surface area contributed by atoms with Crippen molar-refractivity contribution in [1.29, 1.82) is 0 Å². The highest BCUT2D eigenvalue weighted by Crippen LogP contribution is 2.38. The average Bonchev–Trinajstić information content (AvgIpc) is 2.86. The van der Waals surface area contributed by atoms with Gasteiger partial charge in [-0.1, -0.05) is 11.8 Å². The number of nitrogens with one attached hydrogen (secondary N) is 1. The van der Waals surface area contributed by atoms with Crippen LogP contribution < -0.4 is 11.1 Å². The predicted molar refractivity (Wildman–Crippen MR) is 81.1 cm³/mol. The first-order valence-electron chi connectivity index (χ1n) is 6.38. The van der Waals surface area contributed by atoms with Gasteiger partial charge in [0.25, 0.3) is 0 Å². The molecule has 100 valence electrons. The summed E-state index contributed by atoms with van der Waals surface area (Å²) in [4.78, 5) is 12.2. The molecule has 0 radical (unpaired) electrons. The second kappa shape index (κ2) is 6.14. The molecule has 1 unspecified atom stereocenters. The van der Waals surface area contributed by atoms with Gasteiger partial charge in [0.1, 0.15) is 0 Å². The number of rotatable bonds is 2. The summed E-state index contributed by atoms with van der Waals surface area (Å²) in [5, 5.41) is 2.98. The summed E-state index contributed by atoms with van der Waals surface area (Å²) in [6.45, 7) is 2.37. The molecular formula is C15H18N2OS. The monoisotopic (exact) mass is 274 g/mol. The Labute approximate surface area is 118 Å². The van der Waals surface area contributed by atoms with Gasteiger partial charge in [-0.15, -0.1) is 11.8 Å². The van der Waals surface area contributed by atoms with Gasteiger partial charge < -0.3 is 11.1 Å². The van der Waals surface area contributed by atoms with E-state index in [-0.39, 0.29) is 10.7 Å². The molecule has 19 heavy (non-hydrogen) atoms. The zero-order valence-corrected chi connectivity index (χ0v) is 11.8. The van der Waals surface area contributed by atoms with E-state index in [1.54, 1.807) is 11.8 Å². The number of carbonyl (C=O) groups is 1. The molecule has 1 aliphatic rings. The van der Waals surface area contributed by atoms with Crippen molar-refractivity contribution < 1.29 is 4.79 Å². The number of benzene rings is 1. The maximum atomic E-state index is 12.2. The molecule has 0 aromatic heterocycles. The van der Waals surface area contributed by atoms with E-state index in [9.17, 15) is 4.79 Å². The molecule has 1 aromatic carbocycles. The molecule has 1 fully saturated rings. The van der Waals surface area contributed by atoms with Crippen molar-refractivity contribution in [2.75, 3.05) is 17.6 Å². The highest BCUT2D eigenvalue weighted by atomic mass is 32.2. The fraction of sp³-hybridized carbons (Fsp3) is 0.400. The summed E-state index contributed by atoms with van der Waals surface area (Å²) in [5.74, 6) is 6.92. The standard InChI is InChI=1S/C15H18N2OS/c1-15(9-3-11-19-15)14(18)17-13-7-5-12(6-8-13)4-2-10-16/h5-8H,3,9-11,16H2,1H3,(H,17,18). The second-order valence-corrected chi connectivity index (χ2v) is 6.32. The van der Waals surface area contributed by atoms with Crippen LogP contribution in [0.2, 0.25) is 0 Å². The molecule has 2 rings (SSSR count). The molecule has 1 atom stereocenters. The van der Waals surface area contributed by atoms with Gasteiger partial charge in [0, 0.05) is 11.3 Å². The third-order valence-electron chi connectivity index (χ3n) is 3.18. The fourth-order valence-electron chi connectivity index (χ4n) is 2.01. The lowest BCUT2D eigenvalue weighted by atomic mass is 10.0. The van der Waals surface area contributed by atoms with Gasteiger partial charge in [0.2, 0.25) is 5.91 Å². The summed E-state index contributed by atoms with van der Waals surface area (Å²) >= 11 is 1.74. The molecule has 0 spiro atoms. The van der Waals surface area contributed by atoms with Crippen LogP contribution in [0.25, 0.3) is 0 Å². The molecule has 3 N–H and O–H groups in total. The van der Waals surface area contributed by atoms with Crippen molar-refractivity contribution in [2.45, 2.75) is 24.5 Å². The minimum atomic E-state index is -0.280. The van der Waals surface area contributed by atoms with Gasteiger partial charge in [-0.05, 0) is 49.8 Å². The average molecular weight is 274 g/mol. The number of hydrogen-bond acceptors (Lipinski definition) is 3. The van der Waals surface area contributed by atoms with Crippen LogP contribution in [0.1, 0.15) is 25.3 Å². The van der Waals surface area contributed by atoms with E-state index in [0.29, 0.717) is 6.54 Å². The minimum Gasteiger partial charge on any atom is -0.325 e. The zero-order chi connectivity index (χ0) is 13.7. The molecular weight excluding hydrogens is 256 g/mol. The second-order valence-electron chi connectivity index (χ2n) is 4.72. The SMILES string of the molecule is CC1(C(=O)Nc2ccc(C#CCN)cc2)CCCS1. The molecule has 1 saturated heterocycles. The van der Waals surface area contributed by atoms with E-state index in [1.165, 1.54) is 0 Å². The fourth-order valence-corrected chi connectivity index (χ4v) is 3.22. The molecule has 0 aliphatic carbocycles. The van der Waals surface area contributed by atoms with Gasteiger partial charge in [-0.2, -0.15) is 0 Å². The third kappa shape index (κ3) is 3.52. The summed E-state index contributed by atoms with van der Waals surface area (Å²) in [6, 6.07) is 7.54. The van der Waals surface area contributed by atoms with Gasteiger partial charge in [0.15, 0.2) is 0 Å². The van der Waals surface area contributed by atoms with Gasteiger partial charge in [0.05, 0.1) is 11.3 Å². The van der Waals surface area contributed by atoms with Gasteiger partial charge >= 0.3 is 0 Å². The van der Waals surface area contributed by atoms with Crippen molar-refractivity contribution in [1.82, 2.24) is 0 Å². The lowest BCUT2D eigenvalue weighted by molar-refractivity contribution is -0.118. The Kier molecular flexibility index (Phi) is 4.52. The summed E-state index contributed by atoms with van der Waals surface area (Å²) in [6.07, 6.45) is 2.06. The van der Waals surface area contributed by atoms with Crippen molar-refractivity contribution in [3.8, 4) is 11.8 Å². The Balaban J connectivity index is 2.01. The number of anilines is 1. The topological polar surface area (TPSA) is 55.1 Å². The minimum absolute atomic E-state index is 0.0933. The van der Waals surface area contributed by atoms with Crippen LogP contribution in [-0.4, -0.2) is 23.0 Å². The Morgan fingerprint density at radius 2 is 2.21 bits per heavy atom. The van der Waals surface area contributed by atoms with Crippen LogP contribution >= 0.6 is 11.8 Å². The summed E-state index contributed by atoms with van der Waals surface area (Å²) < 4.78 is -0.280. The third-order valence-corrected chi connectivity index (χ3v) is 4.70. The van der Waals surface area contributed by atoms with E-state index in [4.69, 9.17) is 5.73 Å². The number of hydrogen-bond donors (Lipinski definition) is 2. The molecule has 0 bridgehead atoms. The predicted octanol–water partition coefficient (Wildman–Crippen LogP) is 2.22. The molecule has 4 heteroatoms. The van der Waals surface area contributed by atoms with Crippen molar-refractivity contribution in [3.05, 3.63) is 29.8 Å². The van der Waals surface area contributed by atoms with E-state index in [1.807, 2.05) is 31.2 Å². The largest absolute Gasteiger partial charge is 0.325 e. The molecule has 0 saturated carbocycles. The molecule has 1 aliphatic heterocycles. The van der Waals surface area contributed by atoms with E-state index in [0.717, 1.165) is 29.8 Å². The quantitative estimate of drug-likeness (QED) is 0.813. The number of carbonyl (C=O) groups excluding carboxylic acids is 1. The highest BCUT2D eigenvalue weighted by molar-refractivity contribution is 8.01. The molecule has 1 heterocycles. The van der Waals surface area contributed by atoms with Crippen LogP contribution in [0.5, 0.6) is 0 Å². The van der Waals surface area contributed by atoms with E-state index in [2.05, 4.69) is 17.2 Å².